The van der Waals surface area contributed by atoms with Crippen molar-refractivity contribution in [3.05, 3.63) is 35.8 Å². The predicted octanol–water partition coefficient (Wildman–Crippen LogP) is 4.44. The number of furan rings is 1. The molecule has 3 N–H and O–H groups in total. The topological polar surface area (TPSA) is 51.2 Å². The van der Waals surface area contributed by atoms with Crippen LogP contribution in [0.15, 0.2) is 28.7 Å². The number of benzene rings is 1. The highest BCUT2D eigenvalue weighted by atomic mass is 19.1. The molecular formula is C17H23FN2O. The van der Waals surface area contributed by atoms with Crippen molar-refractivity contribution in [3.63, 3.8) is 0 Å². The predicted molar refractivity (Wildman–Crippen MR) is 82.0 cm³/mol. The molecule has 4 heteroatoms. The highest BCUT2D eigenvalue weighted by molar-refractivity contribution is 5.78. The maximum absolute atomic E-state index is 13.3. The quantitative estimate of drug-likeness (QED) is 0.497. The van der Waals surface area contributed by atoms with Gasteiger partial charge in [0.25, 0.3) is 0 Å². The first-order valence-corrected chi connectivity index (χ1v) is 7.91. The van der Waals surface area contributed by atoms with Gasteiger partial charge < -0.3 is 4.42 Å². The van der Waals surface area contributed by atoms with Crippen LogP contribution >= 0.6 is 0 Å². The van der Waals surface area contributed by atoms with Crippen LogP contribution in [0.25, 0.3) is 11.0 Å². The summed E-state index contributed by atoms with van der Waals surface area (Å²) in [5.41, 5.74) is 3.59. The van der Waals surface area contributed by atoms with Crippen molar-refractivity contribution >= 4 is 11.0 Å². The molecule has 1 saturated carbocycles. The van der Waals surface area contributed by atoms with Crippen LogP contribution < -0.4 is 11.3 Å². The smallest absolute Gasteiger partial charge is 0.134 e. The molecule has 1 heterocycles. The Kier molecular flexibility index (Phi) is 4.56. The number of hydrazine groups is 1. The van der Waals surface area contributed by atoms with Gasteiger partial charge in [-0.15, -0.1) is 0 Å². The Balaban J connectivity index is 1.77. The van der Waals surface area contributed by atoms with Crippen LogP contribution in [0.5, 0.6) is 0 Å². The first kappa shape index (κ1) is 14.5. The van der Waals surface area contributed by atoms with Gasteiger partial charge in [-0.25, -0.2) is 9.82 Å². The van der Waals surface area contributed by atoms with Crippen molar-refractivity contribution in [2.45, 2.75) is 51.0 Å². The second-order valence-electron chi connectivity index (χ2n) is 6.14. The molecule has 1 aliphatic carbocycles. The molecule has 0 aliphatic heterocycles. The van der Waals surface area contributed by atoms with Crippen LogP contribution in [0.2, 0.25) is 0 Å². The first-order chi connectivity index (χ1) is 10.3. The lowest BCUT2D eigenvalue weighted by Crippen LogP contribution is -2.29. The van der Waals surface area contributed by atoms with Gasteiger partial charge in [0.15, 0.2) is 0 Å². The van der Waals surface area contributed by atoms with Gasteiger partial charge in [0.05, 0.1) is 6.04 Å². The summed E-state index contributed by atoms with van der Waals surface area (Å²) in [4.78, 5) is 0. The number of rotatable bonds is 4. The molecule has 3 rings (SSSR count). The summed E-state index contributed by atoms with van der Waals surface area (Å²) < 4.78 is 19.1. The van der Waals surface area contributed by atoms with E-state index >= 15 is 0 Å². The fourth-order valence-corrected chi connectivity index (χ4v) is 3.41. The summed E-state index contributed by atoms with van der Waals surface area (Å²) in [7, 11) is 0. The molecule has 21 heavy (non-hydrogen) atoms. The van der Waals surface area contributed by atoms with Gasteiger partial charge in [-0.05, 0) is 36.6 Å². The van der Waals surface area contributed by atoms with Crippen LogP contribution in [0.1, 0.15) is 56.7 Å². The number of nitrogens with two attached hydrogens (primary N) is 1. The maximum atomic E-state index is 13.3. The fraction of sp³-hybridized carbons (Fsp3) is 0.529. The lowest BCUT2D eigenvalue weighted by Gasteiger charge is -2.20. The van der Waals surface area contributed by atoms with E-state index in [1.54, 1.807) is 6.07 Å². The van der Waals surface area contributed by atoms with Crippen LogP contribution in [0.3, 0.4) is 0 Å². The number of halogens is 1. The average molecular weight is 290 g/mol. The van der Waals surface area contributed by atoms with Crippen LogP contribution in [-0.2, 0) is 0 Å². The molecule has 1 fully saturated rings. The summed E-state index contributed by atoms with van der Waals surface area (Å²) in [6.07, 6.45) is 8.85. The van der Waals surface area contributed by atoms with Crippen molar-refractivity contribution in [3.8, 4) is 0 Å². The molecule has 1 atom stereocenters. The fourth-order valence-electron chi connectivity index (χ4n) is 3.41. The Bertz CT molecular complexity index is 587. The van der Waals surface area contributed by atoms with Gasteiger partial charge in [-0.1, -0.05) is 38.5 Å². The minimum atomic E-state index is -0.240. The molecule has 1 aromatic carbocycles. The van der Waals surface area contributed by atoms with E-state index in [-0.39, 0.29) is 11.9 Å². The lowest BCUT2D eigenvalue weighted by atomic mass is 9.92. The van der Waals surface area contributed by atoms with E-state index in [1.807, 2.05) is 6.07 Å². The van der Waals surface area contributed by atoms with Crippen molar-refractivity contribution in [2.75, 3.05) is 0 Å². The largest absolute Gasteiger partial charge is 0.459 e. The number of fused-ring (bicyclic) bond motifs is 1. The third-order valence-electron chi connectivity index (χ3n) is 4.59. The molecule has 1 aliphatic rings. The molecule has 2 aromatic rings. The molecule has 0 amide bonds. The third-order valence-corrected chi connectivity index (χ3v) is 4.59. The van der Waals surface area contributed by atoms with E-state index in [9.17, 15) is 4.39 Å². The molecule has 1 unspecified atom stereocenters. The van der Waals surface area contributed by atoms with E-state index < -0.39 is 0 Å². The summed E-state index contributed by atoms with van der Waals surface area (Å²) >= 11 is 0. The number of hydrogen-bond donors (Lipinski definition) is 2. The van der Waals surface area contributed by atoms with E-state index in [2.05, 4.69) is 5.43 Å². The van der Waals surface area contributed by atoms with Gasteiger partial charge in [0, 0.05) is 5.39 Å². The van der Waals surface area contributed by atoms with Crippen LogP contribution in [0.4, 0.5) is 4.39 Å². The molecule has 3 nitrogen and oxygen atoms in total. The molecular weight excluding hydrogens is 267 g/mol. The minimum Gasteiger partial charge on any atom is -0.459 e. The SMILES string of the molecule is NNC(CC1CCCCCC1)c1cc2cc(F)ccc2o1. The average Bonchev–Trinajstić information content (AvgIpc) is 2.72. The second-order valence-corrected chi connectivity index (χ2v) is 6.14. The van der Waals surface area contributed by atoms with Gasteiger partial charge in [0.1, 0.15) is 17.2 Å². The third kappa shape index (κ3) is 3.44. The van der Waals surface area contributed by atoms with Crippen LogP contribution in [-0.4, -0.2) is 0 Å². The number of nitrogens with one attached hydrogen (secondary N) is 1. The monoisotopic (exact) mass is 290 g/mol. The Morgan fingerprint density at radius 3 is 2.67 bits per heavy atom. The maximum Gasteiger partial charge on any atom is 0.134 e. The van der Waals surface area contributed by atoms with Crippen molar-refractivity contribution in [1.82, 2.24) is 5.43 Å². The zero-order chi connectivity index (χ0) is 14.7. The van der Waals surface area contributed by atoms with E-state index in [0.29, 0.717) is 11.5 Å². The molecule has 114 valence electrons. The zero-order valence-electron chi connectivity index (χ0n) is 12.3. The summed E-state index contributed by atoms with van der Waals surface area (Å²) in [6, 6.07) is 6.50. The van der Waals surface area contributed by atoms with E-state index in [0.717, 1.165) is 17.6 Å². The van der Waals surface area contributed by atoms with E-state index in [4.69, 9.17) is 10.3 Å². The number of hydrogen-bond acceptors (Lipinski definition) is 3. The van der Waals surface area contributed by atoms with Crippen LogP contribution in [0, 0.1) is 11.7 Å². The van der Waals surface area contributed by atoms with Gasteiger partial charge in [-0.3, -0.25) is 5.84 Å². The van der Waals surface area contributed by atoms with Gasteiger partial charge >= 0.3 is 0 Å². The second kappa shape index (κ2) is 6.58. The Morgan fingerprint density at radius 2 is 1.95 bits per heavy atom. The zero-order valence-corrected chi connectivity index (χ0v) is 12.3. The van der Waals surface area contributed by atoms with E-state index in [1.165, 1.54) is 50.7 Å². The molecule has 1 aromatic heterocycles. The Labute approximate surface area is 124 Å². The Hall–Kier alpha value is -1.39. The van der Waals surface area contributed by atoms with Crippen molar-refractivity contribution in [1.29, 1.82) is 0 Å². The molecule has 0 saturated heterocycles. The standard InChI is InChI=1S/C17H23FN2O/c18-14-7-8-16-13(10-14)11-17(21-16)15(20-19)9-12-5-3-1-2-4-6-12/h7-8,10-12,15,20H,1-6,9,19H2. The highest BCUT2D eigenvalue weighted by Gasteiger charge is 2.21. The van der Waals surface area contributed by atoms with Crippen molar-refractivity contribution < 1.29 is 8.81 Å². The molecule has 0 bridgehead atoms. The lowest BCUT2D eigenvalue weighted by molar-refractivity contribution is 0.327. The minimum absolute atomic E-state index is 0.00330. The highest BCUT2D eigenvalue weighted by Crippen LogP contribution is 2.33. The van der Waals surface area contributed by atoms with Gasteiger partial charge in [0.2, 0.25) is 0 Å². The molecule has 0 spiro atoms. The molecule has 0 radical (unpaired) electrons. The Morgan fingerprint density at radius 1 is 1.19 bits per heavy atom. The normalized spacial score (nSPS) is 18.8. The van der Waals surface area contributed by atoms with Crippen molar-refractivity contribution in [2.24, 2.45) is 11.8 Å². The summed E-state index contributed by atoms with van der Waals surface area (Å²) in [6.45, 7) is 0. The van der Waals surface area contributed by atoms with Gasteiger partial charge in [-0.2, -0.15) is 0 Å². The first-order valence-electron chi connectivity index (χ1n) is 7.91. The summed E-state index contributed by atoms with van der Waals surface area (Å²) in [5.74, 6) is 6.99. The summed E-state index contributed by atoms with van der Waals surface area (Å²) in [5, 5.41) is 0.797.